The average molecular weight is 240 g/mol. The second-order valence-corrected chi connectivity index (χ2v) is 5.74. The molecule has 2 N–H and O–H groups in total. The van der Waals surface area contributed by atoms with Gasteiger partial charge in [-0.15, -0.1) is 11.3 Å². The minimum atomic E-state index is 0.0752. The lowest BCUT2D eigenvalue weighted by atomic mass is 9.80. The highest BCUT2D eigenvalue weighted by Crippen LogP contribution is 2.36. The fourth-order valence-electron chi connectivity index (χ4n) is 2.61. The first kappa shape index (κ1) is 13.7. The normalized spacial score (nSPS) is 14.4. The van der Waals surface area contributed by atoms with Crippen molar-refractivity contribution in [2.45, 2.75) is 45.2 Å². The number of nitrogens with zero attached hydrogens (tertiary/aromatic N) is 1. The van der Waals surface area contributed by atoms with Crippen molar-refractivity contribution in [2.24, 2.45) is 5.73 Å². The second kappa shape index (κ2) is 5.30. The zero-order valence-electron chi connectivity index (χ0n) is 11.1. The summed E-state index contributed by atoms with van der Waals surface area (Å²) >= 11 is 1.78. The van der Waals surface area contributed by atoms with E-state index in [4.69, 9.17) is 5.73 Å². The fraction of sp³-hybridized carbons (Fsp3) is 0.692. The number of hydrogen-bond donors (Lipinski definition) is 1. The molecule has 1 atom stereocenters. The van der Waals surface area contributed by atoms with Crippen LogP contribution in [0.25, 0.3) is 0 Å². The zero-order valence-corrected chi connectivity index (χ0v) is 11.9. The molecule has 1 heterocycles. The van der Waals surface area contributed by atoms with Crippen LogP contribution in [-0.4, -0.2) is 24.5 Å². The van der Waals surface area contributed by atoms with Gasteiger partial charge in [0.05, 0.1) is 0 Å². The largest absolute Gasteiger partial charge is 0.322 e. The van der Waals surface area contributed by atoms with Crippen molar-refractivity contribution in [2.75, 3.05) is 14.1 Å². The summed E-state index contributed by atoms with van der Waals surface area (Å²) < 4.78 is 0. The molecule has 16 heavy (non-hydrogen) atoms. The molecule has 3 heteroatoms. The molecule has 1 aromatic heterocycles. The summed E-state index contributed by atoms with van der Waals surface area (Å²) in [6, 6.07) is 2.28. The Hall–Kier alpha value is -0.380. The van der Waals surface area contributed by atoms with Gasteiger partial charge in [-0.2, -0.15) is 0 Å². The van der Waals surface area contributed by atoms with Crippen molar-refractivity contribution in [1.82, 2.24) is 4.90 Å². The molecule has 1 unspecified atom stereocenters. The van der Waals surface area contributed by atoms with Crippen LogP contribution in [0.15, 0.2) is 11.4 Å². The Morgan fingerprint density at radius 3 is 2.25 bits per heavy atom. The molecule has 0 aliphatic heterocycles. The predicted octanol–water partition coefficient (Wildman–Crippen LogP) is 3.18. The lowest BCUT2D eigenvalue weighted by molar-refractivity contribution is 0.106. The topological polar surface area (TPSA) is 29.3 Å². The van der Waals surface area contributed by atoms with Gasteiger partial charge in [0.2, 0.25) is 0 Å². The van der Waals surface area contributed by atoms with E-state index in [1.807, 2.05) is 0 Å². The number of rotatable bonds is 5. The van der Waals surface area contributed by atoms with Crippen molar-refractivity contribution in [3.63, 3.8) is 0 Å². The molecule has 0 aliphatic carbocycles. The lowest BCUT2D eigenvalue weighted by Crippen LogP contribution is -2.51. The fourth-order valence-corrected chi connectivity index (χ4v) is 3.36. The molecule has 0 amide bonds. The molecule has 0 spiro atoms. The van der Waals surface area contributed by atoms with Crippen LogP contribution in [0.4, 0.5) is 0 Å². The Morgan fingerprint density at radius 1 is 1.38 bits per heavy atom. The molecule has 2 nitrogen and oxygen atoms in total. The smallest absolute Gasteiger partial charge is 0.0492 e. The van der Waals surface area contributed by atoms with Crippen molar-refractivity contribution < 1.29 is 0 Å². The summed E-state index contributed by atoms with van der Waals surface area (Å²) in [6.07, 6.45) is 2.15. The van der Waals surface area contributed by atoms with Gasteiger partial charge in [-0.25, -0.2) is 0 Å². The Labute approximate surface area is 103 Å². The minimum absolute atomic E-state index is 0.0752. The molecule has 92 valence electrons. The van der Waals surface area contributed by atoms with Crippen molar-refractivity contribution in [3.05, 3.63) is 21.9 Å². The van der Waals surface area contributed by atoms with Gasteiger partial charge in [0.25, 0.3) is 0 Å². The Bertz CT molecular complexity index is 326. The van der Waals surface area contributed by atoms with Crippen LogP contribution < -0.4 is 5.73 Å². The van der Waals surface area contributed by atoms with E-state index in [2.05, 4.69) is 51.2 Å². The number of likely N-dealkylation sites (N-methyl/N-ethyl adjacent to an activating group) is 1. The van der Waals surface area contributed by atoms with E-state index < -0.39 is 0 Å². The molecule has 1 rings (SSSR count). The monoisotopic (exact) mass is 240 g/mol. The first-order valence-electron chi connectivity index (χ1n) is 5.96. The highest BCUT2D eigenvalue weighted by Gasteiger charge is 2.37. The molecule has 0 fully saturated rings. The summed E-state index contributed by atoms with van der Waals surface area (Å²) in [4.78, 5) is 3.63. The third kappa shape index (κ3) is 2.17. The predicted molar refractivity (Wildman–Crippen MR) is 73.0 cm³/mol. The van der Waals surface area contributed by atoms with Gasteiger partial charge in [0.1, 0.15) is 0 Å². The Kier molecular flexibility index (Phi) is 4.53. The molecule has 0 aromatic carbocycles. The zero-order chi connectivity index (χ0) is 12.3. The maximum atomic E-state index is 6.51. The summed E-state index contributed by atoms with van der Waals surface area (Å²) in [5, 5.41) is 2.14. The van der Waals surface area contributed by atoms with E-state index in [1.165, 1.54) is 10.4 Å². The molecular weight excluding hydrogens is 216 g/mol. The Balaban J connectivity index is 3.09. The van der Waals surface area contributed by atoms with Gasteiger partial charge >= 0.3 is 0 Å². The van der Waals surface area contributed by atoms with Crippen LogP contribution >= 0.6 is 11.3 Å². The average Bonchev–Trinajstić information content (AvgIpc) is 2.66. The van der Waals surface area contributed by atoms with Crippen LogP contribution in [-0.2, 0) is 0 Å². The highest BCUT2D eigenvalue weighted by atomic mass is 32.1. The molecule has 0 saturated carbocycles. The van der Waals surface area contributed by atoms with E-state index >= 15 is 0 Å². The van der Waals surface area contributed by atoms with Crippen LogP contribution in [0.5, 0.6) is 0 Å². The molecule has 1 aromatic rings. The van der Waals surface area contributed by atoms with E-state index in [0.29, 0.717) is 0 Å². The molecular formula is C13H24N2S. The van der Waals surface area contributed by atoms with Gasteiger partial charge in [-0.3, -0.25) is 0 Å². The second-order valence-electron chi connectivity index (χ2n) is 4.61. The van der Waals surface area contributed by atoms with E-state index in [9.17, 15) is 0 Å². The highest BCUT2D eigenvalue weighted by molar-refractivity contribution is 7.10. The van der Waals surface area contributed by atoms with Crippen LogP contribution in [0.2, 0.25) is 0 Å². The molecule has 0 bridgehead atoms. The number of thiophene rings is 1. The van der Waals surface area contributed by atoms with E-state index in [-0.39, 0.29) is 11.6 Å². The summed E-state index contributed by atoms with van der Waals surface area (Å²) in [5.41, 5.74) is 7.89. The molecule has 0 radical (unpaired) electrons. The van der Waals surface area contributed by atoms with Gasteiger partial charge < -0.3 is 10.6 Å². The van der Waals surface area contributed by atoms with Gasteiger partial charge in [-0.1, -0.05) is 13.8 Å². The van der Waals surface area contributed by atoms with Crippen LogP contribution in [0, 0.1) is 6.92 Å². The quantitative estimate of drug-likeness (QED) is 0.856. The summed E-state index contributed by atoms with van der Waals surface area (Å²) in [5.74, 6) is 0. The number of hydrogen-bond acceptors (Lipinski definition) is 3. The first-order valence-corrected chi connectivity index (χ1v) is 6.84. The lowest BCUT2D eigenvalue weighted by Gasteiger charge is -2.43. The third-order valence-electron chi connectivity index (χ3n) is 3.93. The van der Waals surface area contributed by atoms with Crippen molar-refractivity contribution >= 4 is 11.3 Å². The molecule has 0 saturated heterocycles. The standard InChI is InChI=1S/C13H24N2S/c1-6-13(7-2,15(4)5)12(14)11-8-9-16-10(11)3/h8-9,12H,6-7,14H2,1-5H3. The van der Waals surface area contributed by atoms with E-state index in [1.54, 1.807) is 11.3 Å². The van der Waals surface area contributed by atoms with Crippen LogP contribution in [0.1, 0.15) is 43.2 Å². The SMILES string of the molecule is CCC(CC)(C(N)c1ccsc1C)N(C)C. The minimum Gasteiger partial charge on any atom is -0.322 e. The summed E-state index contributed by atoms with van der Waals surface area (Å²) in [7, 11) is 4.27. The third-order valence-corrected chi connectivity index (χ3v) is 4.79. The van der Waals surface area contributed by atoms with E-state index in [0.717, 1.165) is 12.8 Å². The van der Waals surface area contributed by atoms with Gasteiger partial charge in [-0.05, 0) is 50.9 Å². The number of nitrogens with two attached hydrogens (primary N) is 1. The van der Waals surface area contributed by atoms with Crippen molar-refractivity contribution in [1.29, 1.82) is 0 Å². The first-order chi connectivity index (χ1) is 7.49. The van der Waals surface area contributed by atoms with Crippen molar-refractivity contribution in [3.8, 4) is 0 Å². The molecule has 0 aliphatic rings. The number of aryl methyl sites for hydroxylation is 1. The summed E-state index contributed by atoms with van der Waals surface area (Å²) in [6.45, 7) is 6.61. The maximum Gasteiger partial charge on any atom is 0.0492 e. The maximum absolute atomic E-state index is 6.51. The van der Waals surface area contributed by atoms with Crippen LogP contribution in [0.3, 0.4) is 0 Å². The Morgan fingerprint density at radius 2 is 1.94 bits per heavy atom. The van der Waals surface area contributed by atoms with Gasteiger partial charge in [0.15, 0.2) is 0 Å². The van der Waals surface area contributed by atoms with Gasteiger partial charge in [0, 0.05) is 16.5 Å².